The van der Waals surface area contributed by atoms with Gasteiger partial charge in [-0.25, -0.2) is 4.39 Å². The fourth-order valence-electron chi connectivity index (χ4n) is 2.02. The zero-order valence-corrected chi connectivity index (χ0v) is 9.70. The topological polar surface area (TPSA) is 54.1 Å². The second-order valence-corrected chi connectivity index (χ2v) is 4.57. The molecule has 1 fully saturated rings. The van der Waals surface area contributed by atoms with E-state index in [1.54, 1.807) is 6.20 Å². The lowest BCUT2D eigenvalue weighted by molar-refractivity contribution is -0.126. The lowest BCUT2D eigenvalue weighted by Gasteiger charge is -2.33. The van der Waals surface area contributed by atoms with Gasteiger partial charge in [0.15, 0.2) is 5.67 Å². The molecule has 2 aromatic rings. The quantitative estimate of drug-likeness (QED) is 0.867. The maximum Gasteiger partial charge on any atom is 0.253 e. The lowest BCUT2D eigenvalue weighted by atomic mass is 10.0. The summed E-state index contributed by atoms with van der Waals surface area (Å²) >= 11 is 0. The number of fused-ring (bicyclic) bond motifs is 1. The summed E-state index contributed by atoms with van der Waals surface area (Å²) in [5.41, 5.74) is 0.0286. The van der Waals surface area contributed by atoms with Crippen LogP contribution in [0, 0.1) is 0 Å². The van der Waals surface area contributed by atoms with Gasteiger partial charge in [-0.15, -0.1) is 0 Å². The molecule has 0 aliphatic carbocycles. The summed E-state index contributed by atoms with van der Waals surface area (Å²) in [5, 5.41) is 3.45. The molecule has 3 rings (SSSR count). The summed E-state index contributed by atoms with van der Waals surface area (Å²) in [7, 11) is 0. The zero-order valence-electron chi connectivity index (χ0n) is 9.70. The maximum absolute atomic E-state index is 13.7. The largest absolute Gasteiger partial charge is 0.374 e. The Balaban J connectivity index is 1.75. The van der Waals surface area contributed by atoms with Gasteiger partial charge in [-0.05, 0) is 6.07 Å². The number of carbonyl (C=O) groups is 1. The first-order valence-electron chi connectivity index (χ1n) is 5.79. The molecule has 1 amide bonds. The number of carbonyl (C=O) groups excluding carboxylic acids is 1. The summed E-state index contributed by atoms with van der Waals surface area (Å²) in [6, 6.07) is 7.51. The number of ether oxygens (including phenoxy) is 1. The van der Waals surface area contributed by atoms with E-state index < -0.39 is 5.67 Å². The molecule has 0 spiro atoms. The zero-order chi connectivity index (χ0) is 12.6. The molecule has 2 heterocycles. The average molecular weight is 248 g/mol. The highest BCUT2D eigenvalue weighted by atomic mass is 19.1. The number of rotatable bonds is 3. The van der Waals surface area contributed by atoms with Crippen molar-refractivity contribution in [3.05, 3.63) is 36.0 Å². The molecule has 18 heavy (non-hydrogen) atoms. The molecule has 0 bridgehead atoms. The first-order valence-corrected chi connectivity index (χ1v) is 5.79. The lowest BCUT2D eigenvalue weighted by Crippen LogP contribution is -2.53. The third-order valence-electron chi connectivity index (χ3n) is 3.12. The fraction of sp³-hybridized carbons (Fsp3) is 0.308. The van der Waals surface area contributed by atoms with Gasteiger partial charge in [0.05, 0.1) is 25.3 Å². The minimum atomic E-state index is -1.40. The van der Waals surface area contributed by atoms with E-state index in [9.17, 15) is 9.18 Å². The van der Waals surface area contributed by atoms with Crippen molar-refractivity contribution in [2.24, 2.45) is 0 Å². The second-order valence-electron chi connectivity index (χ2n) is 4.57. The van der Waals surface area contributed by atoms with Crippen LogP contribution in [0.3, 0.4) is 0 Å². The number of halogens is 1. The molecule has 4 nitrogen and oxygen atoms in total. The van der Waals surface area contributed by atoms with E-state index in [0.29, 0.717) is 5.56 Å². The van der Waals surface area contributed by atoms with Gasteiger partial charge in [0, 0.05) is 17.1 Å². The Kier molecular flexibility index (Phi) is 2.56. The Morgan fingerprint density at radius 1 is 1.44 bits per heavy atom. The Bertz CT molecular complexity index is 589. The molecule has 0 atom stereocenters. The van der Waals surface area contributed by atoms with E-state index in [4.69, 9.17) is 4.74 Å². The van der Waals surface area contributed by atoms with Crippen molar-refractivity contribution in [1.82, 2.24) is 10.3 Å². The minimum absolute atomic E-state index is 0.00859. The molecule has 0 unspecified atom stereocenters. The van der Waals surface area contributed by atoms with Gasteiger partial charge in [-0.3, -0.25) is 4.79 Å². The van der Waals surface area contributed by atoms with Crippen molar-refractivity contribution in [3.63, 3.8) is 0 Å². The predicted molar refractivity (Wildman–Crippen MR) is 65.3 cm³/mol. The van der Waals surface area contributed by atoms with Crippen LogP contribution in [0.15, 0.2) is 30.5 Å². The smallest absolute Gasteiger partial charge is 0.253 e. The number of hydrogen-bond acceptors (Lipinski definition) is 2. The van der Waals surface area contributed by atoms with Crippen LogP contribution in [0.4, 0.5) is 4.39 Å². The van der Waals surface area contributed by atoms with E-state index in [2.05, 4.69) is 10.3 Å². The van der Waals surface area contributed by atoms with Crippen molar-refractivity contribution in [2.75, 3.05) is 19.8 Å². The average Bonchev–Trinajstić information content (AvgIpc) is 2.77. The molecule has 1 saturated heterocycles. The fourth-order valence-corrected chi connectivity index (χ4v) is 2.02. The molecular weight excluding hydrogens is 235 g/mol. The SMILES string of the molecule is O=C(NCC1(F)COC1)c1c[nH]c2ccccc12. The normalized spacial score (nSPS) is 17.4. The van der Waals surface area contributed by atoms with E-state index in [1.807, 2.05) is 24.3 Å². The number of nitrogens with one attached hydrogen (secondary N) is 2. The van der Waals surface area contributed by atoms with E-state index in [0.717, 1.165) is 10.9 Å². The van der Waals surface area contributed by atoms with Gasteiger partial charge in [0.25, 0.3) is 5.91 Å². The van der Waals surface area contributed by atoms with Gasteiger partial charge in [-0.2, -0.15) is 0 Å². The highest BCUT2D eigenvalue weighted by Gasteiger charge is 2.39. The molecule has 1 aliphatic heterocycles. The summed E-state index contributed by atoms with van der Waals surface area (Å²) in [6.45, 7) is 0.105. The summed E-state index contributed by atoms with van der Waals surface area (Å²) in [5.74, 6) is -0.267. The molecular formula is C13H13FN2O2. The van der Waals surface area contributed by atoms with Crippen LogP contribution in [-0.2, 0) is 4.74 Å². The maximum atomic E-state index is 13.7. The molecule has 1 aromatic carbocycles. The van der Waals surface area contributed by atoms with Crippen LogP contribution in [0.25, 0.3) is 10.9 Å². The number of hydrogen-bond donors (Lipinski definition) is 2. The van der Waals surface area contributed by atoms with E-state index >= 15 is 0 Å². The summed E-state index contributed by atoms with van der Waals surface area (Å²) in [4.78, 5) is 15.0. The Hall–Kier alpha value is -1.88. The van der Waals surface area contributed by atoms with Crippen LogP contribution in [0.2, 0.25) is 0 Å². The van der Waals surface area contributed by atoms with Crippen molar-refractivity contribution in [1.29, 1.82) is 0 Å². The number of aromatic amines is 1. The van der Waals surface area contributed by atoms with Gasteiger partial charge in [0.1, 0.15) is 0 Å². The Morgan fingerprint density at radius 2 is 2.22 bits per heavy atom. The van der Waals surface area contributed by atoms with Crippen molar-refractivity contribution in [3.8, 4) is 0 Å². The van der Waals surface area contributed by atoms with Crippen LogP contribution >= 0.6 is 0 Å². The van der Waals surface area contributed by atoms with E-state index in [-0.39, 0.29) is 25.7 Å². The van der Waals surface area contributed by atoms with Gasteiger partial charge < -0.3 is 15.0 Å². The molecule has 2 N–H and O–H groups in total. The minimum Gasteiger partial charge on any atom is -0.374 e. The van der Waals surface area contributed by atoms with Gasteiger partial charge in [0.2, 0.25) is 0 Å². The first kappa shape index (κ1) is 11.2. The van der Waals surface area contributed by atoms with Crippen LogP contribution in [0.1, 0.15) is 10.4 Å². The van der Waals surface area contributed by atoms with Crippen molar-refractivity contribution >= 4 is 16.8 Å². The second kappa shape index (κ2) is 4.10. The molecule has 1 aliphatic rings. The summed E-state index contributed by atoms with van der Waals surface area (Å²) < 4.78 is 18.5. The number of amides is 1. The third-order valence-corrected chi connectivity index (χ3v) is 3.12. The monoisotopic (exact) mass is 248 g/mol. The van der Waals surface area contributed by atoms with E-state index in [1.165, 1.54) is 0 Å². The standard InChI is InChI=1S/C13H13FN2O2/c14-13(7-18-8-13)6-16-12(17)10-5-15-11-4-2-1-3-9(10)11/h1-5,15H,6-8H2,(H,16,17). The number of benzene rings is 1. The Labute approximate surface area is 103 Å². The van der Waals surface area contributed by atoms with Gasteiger partial charge in [-0.1, -0.05) is 18.2 Å². The van der Waals surface area contributed by atoms with Crippen LogP contribution < -0.4 is 5.32 Å². The van der Waals surface area contributed by atoms with Crippen LogP contribution in [-0.4, -0.2) is 36.3 Å². The van der Waals surface area contributed by atoms with Crippen molar-refractivity contribution in [2.45, 2.75) is 5.67 Å². The summed E-state index contributed by atoms with van der Waals surface area (Å²) in [6.07, 6.45) is 1.64. The molecule has 94 valence electrons. The molecule has 5 heteroatoms. The first-order chi connectivity index (χ1) is 8.68. The predicted octanol–water partition coefficient (Wildman–Crippen LogP) is 1.64. The molecule has 0 radical (unpaired) electrons. The van der Waals surface area contributed by atoms with Gasteiger partial charge >= 0.3 is 0 Å². The molecule has 0 saturated carbocycles. The molecule has 1 aromatic heterocycles. The number of aromatic nitrogens is 1. The highest BCUT2D eigenvalue weighted by Crippen LogP contribution is 2.21. The third kappa shape index (κ3) is 1.86. The number of para-hydroxylation sites is 1. The Morgan fingerprint density at radius 3 is 2.94 bits per heavy atom. The van der Waals surface area contributed by atoms with Crippen LogP contribution in [0.5, 0.6) is 0 Å². The highest BCUT2D eigenvalue weighted by molar-refractivity contribution is 6.06. The number of H-pyrrole nitrogens is 1. The number of alkyl halides is 1. The van der Waals surface area contributed by atoms with Crippen molar-refractivity contribution < 1.29 is 13.9 Å².